The number of hydrogen-bond acceptors (Lipinski definition) is 2. The van der Waals surface area contributed by atoms with Crippen LogP contribution in [-0.4, -0.2) is 21.0 Å². The summed E-state index contributed by atoms with van der Waals surface area (Å²) in [5.74, 6) is 0.225. The molecular formula is C26H27FN2O. The molecule has 1 heterocycles. The molecule has 0 unspecified atom stereocenters. The Bertz CT molecular complexity index is 1070. The minimum atomic E-state index is -0.322. The molecule has 0 aliphatic heterocycles. The summed E-state index contributed by atoms with van der Waals surface area (Å²) < 4.78 is 15.2. The van der Waals surface area contributed by atoms with Crippen molar-refractivity contribution in [1.82, 2.24) is 9.78 Å². The second-order valence-electron chi connectivity index (χ2n) is 9.02. The highest BCUT2D eigenvalue weighted by molar-refractivity contribution is 5.61. The van der Waals surface area contributed by atoms with Crippen molar-refractivity contribution >= 4 is 6.08 Å². The van der Waals surface area contributed by atoms with Gasteiger partial charge in [-0.25, -0.2) is 9.07 Å². The Labute approximate surface area is 176 Å². The van der Waals surface area contributed by atoms with E-state index in [1.54, 1.807) is 12.1 Å². The summed E-state index contributed by atoms with van der Waals surface area (Å²) in [6, 6.07) is 16.7. The highest BCUT2D eigenvalue weighted by Gasteiger charge is 2.45. The van der Waals surface area contributed by atoms with Crippen molar-refractivity contribution in [3.63, 3.8) is 0 Å². The van der Waals surface area contributed by atoms with Gasteiger partial charge in [0.25, 0.3) is 0 Å². The molecule has 30 heavy (non-hydrogen) atoms. The van der Waals surface area contributed by atoms with E-state index in [1.165, 1.54) is 28.8 Å². The van der Waals surface area contributed by atoms with Crippen LogP contribution in [-0.2, 0) is 12.8 Å². The molecule has 1 saturated carbocycles. The number of allylic oxidation sites excluding steroid dienone is 1. The molecule has 0 bridgehead atoms. The highest BCUT2D eigenvalue weighted by atomic mass is 19.1. The first kappa shape index (κ1) is 19.3. The molecule has 4 heteroatoms. The van der Waals surface area contributed by atoms with E-state index in [0.29, 0.717) is 12.3 Å². The lowest BCUT2D eigenvalue weighted by Gasteiger charge is -2.37. The molecule has 2 aliphatic carbocycles. The molecule has 0 radical (unpaired) electrons. The Morgan fingerprint density at radius 1 is 1.17 bits per heavy atom. The lowest BCUT2D eigenvalue weighted by molar-refractivity contribution is 0.112. The van der Waals surface area contributed by atoms with Gasteiger partial charge in [0.15, 0.2) is 0 Å². The largest absolute Gasteiger partial charge is 0.393 e. The van der Waals surface area contributed by atoms with Gasteiger partial charge in [-0.1, -0.05) is 42.8 Å². The molecule has 0 amide bonds. The minimum Gasteiger partial charge on any atom is -0.393 e. The second kappa shape index (κ2) is 7.51. The molecule has 2 aromatic carbocycles. The number of aromatic nitrogens is 2. The van der Waals surface area contributed by atoms with E-state index in [-0.39, 0.29) is 17.3 Å². The summed E-state index contributed by atoms with van der Waals surface area (Å²) in [5, 5.41) is 15.4. The maximum atomic E-state index is 13.3. The predicted octanol–water partition coefficient (Wildman–Crippen LogP) is 5.36. The Morgan fingerprint density at radius 3 is 2.70 bits per heavy atom. The molecule has 1 N–H and O–H groups in total. The van der Waals surface area contributed by atoms with Crippen LogP contribution >= 0.6 is 0 Å². The number of benzene rings is 2. The molecule has 2 aliphatic rings. The Kier molecular flexibility index (Phi) is 4.82. The first-order chi connectivity index (χ1) is 14.5. The van der Waals surface area contributed by atoms with Gasteiger partial charge in [0, 0.05) is 0 Å². The second-order valence-corrected chi connectivity index (χ2v) is 9.02. The summed E-state index contributed by atoms with van der Waals surface area (Å²) in [7, 11) is 0. The van der Waals surface area contributed by atoms with Gasteiger partial charge < -0.3 is 5.11 Å². The number of halogens is 1. The standard InChI is InChI=1S/C26H27FN2O/c1-26-16-19-17-28-29(23-11-9-22(27)10-12-23)25(19)15-21(26)8-7-20(26)14-24(30)13-18-5-3-2-4-6-18/h2-6,9-12,15,17,20,24,30H,7-8,13-14,16H2,1H3/t20-,24+,26-/m1/s1. The predicted molar refractivity (Wildman–Crippen MR) is 117 cm³/mol. The van der Waals surface area contributed by atoms with E-state index in [9.17, 15) is 9.50 Å². The van der Waals surface area contributed by atoms with Crippen LogP contribution < -0.4 is 0 Å². The quantitative estimate of drug-likeness (QED) is 0.624. The fourth-order valence-electron chi connectivity index (χ4n) is 5.40. The van der Waals surface area contributed by atoms with Crippen molar-refractivity contribution < 1.29 is 9.50 Å². The normalized spacial score (nSPS) is 23.6. The van der Waals surface area contributed by atoms with E-state index in [4.69, 9.17) is 0 Å². The number of rotatable bonds is 5. The third-order valence-electron chi connectivity index (χ3n) is 7.09. The number of nitrogens with zero attached hydrogens (tertiary/aromatic N) is 2. The van der Waals surface area contributed by atoms with Crippen LogP contribution in [0.3, 0.4) is 0 Å². The SMILES string of the molecule is C[C@]12Cc3cnn(-c4ccc(F)cc4)c3C=C1CC[C@@H]2C[C@@H](O)Cc1ccccc1. The van der Waals surface area contributed by atoms with Crippen LogP contribution in [0, 0.1) is 17.2 Å². The van der Waals surface area contributed by atoms with Crippen LogP contribution in [0.4, 0.5) is 4.39 Å². The van der Waals surface area contributed by atoms with Crippen molar-refractivity contribution in [3.8, 4) is 5.69 Å². The monoisotopic (exact) mass is 402 g/mol. The zero-order valence-electron chi connectivity index (χ0n) is 17.3. The number of aliphatic hydroxyl groups is 1. The van der Waals surface area contributed by atoms with E-state index >= 15 is 0 Å². The zero-order valence-corrected chi connectivity index (χ0v) is 17.3. The summed E-state index contributed by atoms with van der Waals surface area (Å²) in [6.45, 7) is 2.35. The van der Waals surface area contributed by atoms with Gasteiger partial charge in [-0.2, -0.15) is 5.10 Å². The van der Waals surface area contributed by atoms with Crippen LogP contribution in [0.2, 0.25) is 0 Å². The molecule has 1 fully saturated rings. The Morgan fingerprint density at radius 2 is 1.93 bits per heavy atom. The average Bonchev–Trinajstić information content (AvgIpc) is 3.28. The summed E-state index contributed by atoms with van der Waals surface area (Å²) in [5.41, 5.74) is 5.94. The van der Waals surface area contributed by atoms with Gasteiger partial charge in [-0.15, -0.1) is 0 Å². The van der Waals surface area contributed by atoms with Crippen LogP contribution in [0.5, 0.6) is 0 Å². The fraction of sp³-hybridized carbons (Fsp3) is 0.346. The third-order valence-corrected chi connectivity index (χ3v) is 7.09. The average molecular weight is 403 g/mol. The maximum absolute atomic E-state index is 13.3. The molecule has 3 atom stereocenters. The van der Waals surface area contributed by atoms with Gasteiger partial charge in [-0.05, 0) is 84.9 Å². The fourth-order valence-corrected chi connectivity index (χ4v) is 5.40. The molecule has 3 aromatic rings. The zero-order chi connectivity index (χ0) is 20.7. The van der Waals surface area contributed by atoms with Crippen LogP contribution in [0.15, 0.2) is 66.4 Å². The van der Waals surface area contributed by atoms with Gasteiger partial charge in [-0.3, -0.25) is 0 Å². The number of aliphatic hydroxyl groups excluding tert-OH is 1. The van der Waals surface area contributed by atoms with E-state index in [0.717, 1.165) is 37.1 Å². The molecule has 3 nitrogen and oxygen atoms in total. The van der Waals surface area contributed by atoms with Crippen molar-refractivity contribution in [3.05, 3.63) is 89.0 Å². The van der Waals surface area contributed by atoms with E-state index < -0.39 is 0 Å². The number of hydrogen-bond donors (Lipinski definition) is 1. The van der Waals surface area contributed by atoms with Gasteiger partial charge in [0.1, 0.15) is 5.82 Å². The van der Waals surface area contributed by atoms with E-state index in [1.807, 2.05) is 29.1 Å². The molecule has 0 saturated heterocycles. The Balaban J connectivity index is 1.37. The first-order valence-electron chi connectivity index (χ1n) is 10.8. The summed E-state index contributed by atoms with van der Waals surface area (Å²) >= 11 is 0. The van der Waals surface area contributed by atoms with Crippen molar-refractivity contribution in [2.24, 2.45) is 11.3 Å². The summed E-state index contributed by atoms with van der Waals surface area (Å²) in [4.78, 5) is 0. The van der Waals surface area contributed by atoms with Gasteiger partial charge in [0.2, 0.25) is 0 Å². The van der Waals surface area contributed by atoms with Crippen molar-refractivity contribution in [2.45, 2.75) is 45.1 Å². The Hall–Kier alpha value is -2.72. The minimum absolute atomic E-state index is 0.0708. The lowest BCUT2D eigenvalue weighted by atomic mass is 9.68. The lowest BCUT2D eigenvalue weighted by Crippen LogP contribution is -2.31. The smallest absolute Gasteiger partial charge is 0.123 e. The highest BCUT2D eigenvalue weighted by Crippen LogP contribution is 2.54. The first-order valence-corrected chi connectivity index (χ1v) is 10.8. The van der Waals surface area contributed by atoms with Crippen LogP contribution in [0.1, 0.15) is 43.0 Å². The molecule has 154 valence electrons. The van der Waals surface area contributed by atoms with Gasteiger partial charge >= 0.3 is 0 Å². The number of fused-ring (bicyclic) bond motifs is 2. The topological polar surface area (TPSA) is 38.0 Å². The van der Waals surface area contributed by atoms with Crippen molar-refractivity contribution in [2.75, 3.05) is 0 Å². The molecule has 5 rings (SSSR count). The molecule has 0 spiro atoms. The van der Waals surface area contributed by atoms with Gasteiger partial charge in [0.05, 0.1) is 23.7 Å². The van der Waals surface area contributed by atoms with Crippen molar-refractivity contribution in [1.29, 1.82) is 0 Å². The molecular weight excluding hydrogens is 375 g/mol. The van der Waals surface area contributed by atoms with Crippen LogP contribution in [0.25, 0.3) is 11.8 Å². The third kappa shape index (κ3) is 3.39. The maximum Gasteiger partial charge on any atom is 0.123 e. The summed E-state index contributed by atoms with van der Waals surface area (Å²) in [6.07, 6.45) is 8.57. The van der Waals surface area contributed by atoms with E-state index in [2.05, 4.69) is 30.2 Å². The molecule has 1 aromatic heterocycles.